The van der Waals surface area contributed by atoms with Gasteiger partial charge >= 0.3 is 0 Å². The molecular weight excluding hydrogens is 291 g/mol. The fourth-order valence-corrected chi connectivity index (χ4v) is 7.07. The maximum Gasteiger partial charge on any atom is 0.285 e. The minimum Gasteiger partial charge on any atom is -0.146 e. The third-order valence-electron chi connectivity index (χ3n) is 5.35. The predicted molar refractivity (Wildman–Crippen MR) is 83.6 cm³/mol. The monoisotopic (exact) mass is 307 g/mol. The van der Waals surface area contributed by atoms with Gasteiger partial charge < -0.3 is 0 Å². The highest BCUT2D eigenvalue weighted by atomic mass is 35.7. The van der Waals surface area contributed by atoms with Crippen molar-refractivity contribution in [2.75, 3.05) is 0 Å². The largest absolute Gasteiger partial charge is 0.285 e. The van der Waals surface area contributed by atoms with E-state index < -0.39 is 7.42 Å². The van der Waals surface area contributed by atoms with Crippen LogP contribution in [-0.2, 0) is 0 Å². The van der Waals surface area contributed by atoms with E-state index >= 15 is 0 Å². The van der Waals surface area contributed by atoms with E-state index in [4.69, 9.17) is 22.2 Å². The molecule has 0 aromatic heterocycles. The summed E-state index contributed by atoms with van der Waals surface area (Å²) in [6, 6.07) is 8.65. The van der Waals surface area contributed by atoms with E-state index in [9.17, 15) is 0 Å². The van der Waals surface area contributed by atoms with Gasteiger partial charge in [-0.2, -0.15) is 0 Å². The Morgan fingerprint density at radius 2 is 1.89 bits per heavy atom. The van der Waals surface area contributed by atoms with Crippen molar-refractivity contribution in [2.24, 2.45) is 17.8 Å². The second-order valence-corrected chi connectivity index (χ2v) is 10.5. The quantitative estimate of drug-likeness (QED) is 0.526. The molecule has 3 heteroatoms. The van der Waals surface area contributed by atoms with Crippen LogP contribution in [0.4, 0.5) is 0 Å². The topological polar surface area (TPSA) is 0 Å². The van der Waals surface area contributed by atoms with E-state index in [0.717, 1.165) is 17.8 Å². The van der Waals surface area contributed by atoms with Crippen LogP contribution < -0.4 is 0 Å². The first kappa shape index (κ1) is 12.5. The number of rotatable bonds is 2. The minimum absolute atomic E-state index is 0.328. The standard InChI is InChI=1S/C16H17Cl2Si/c17-19(18)16-13-4-2-1-3-11(13)9-15(16)14-8-10-5-6-12(14)7-10/h1-4,9-10,12,14,16H,5-8H2. The summed E-state index contributed by atoms with van der Waals surface area (Å²) in [5, 5.41) is 0. The fraction of sp³-hybridized carbons (Fsp3) is 0.500. The highest BCUT2D eigenvalue weighted by molar-refractivity contribution is 7.34. The van der Waals surface area contributed by atoms with Crippen molar-refractivity contribution in [3.8, 4) is 0 Å². The zero-order valence-corrected chi connectivity index (χ0v) is 13.3. The van der Waals surface area contributed by atoms with Crippen LogP contribution in [0.2, 0.25) is 0 Å². The molecule has 1 aromatic carbocycles. The lowest BCUT2D eigenvalue weighted by Gasteiger charge is -2.28. The molecule has 3 aliphatic rings. The normalized spacial score (nSPS) is 35.8. The molecule has 0 aliphatic heterocycles. The molecule has 1 aromatic rings. The number of fused-ring (bicyclic) bond motifs is 3. The summed E-state index contributed by atoms with van der Waals surface area (Å²) in [5.41, 5.74) is 4.62. The molecule has 2 bridgehead atoms. The average molecular weight is 308 g/mol. The van der Waals surface area contributed by atoms with Gasteiger partial charge in [0.05, 0.1) is 0 Å². The number of hydrogen-bond acceptors (Lipinski definition) is 0. The van der Waals surface area contributed by atoms with Gasteiger partial charge in [-0.3, -0.25) is 0 Å². The molecule has 4 atom stereocenters. The lowest BCUT2D eigenvalue weighted by molar-refractivity contribution is 0.374. The van der Waals surface area contributed by atoms with Gasteiger partial charge in [-0.1, -0.05) is 42.3 Å². The number of halogens is 2. The van der Waals surface area contributed by atoms with E-state index in [0.29, 0.717) is 5.54 Å². The van der Waals surface area contributed by atoms with Gasteiger partial charge in [-0.25, -0.2) is 0 Å². The molecule has 0 amide bonds. The van der Waals surface area contributed by atoms with Gasteiger partial charge in [-0.15, -0.1) is 22.2 Å². The van der Waals surface area contributed by atoms with Crippen LogP contribution in [0.15, 0.2) is 29.8 Å². The summed E-state index contributed by atoms with van der Waals surface area (Å²) in [7, 11) is -1.35. The van der Waals surface area contributed by atoms with Crippen LogP contribution in [0.3, 0.4) is 0 Å². The average Bonchev–Trinajstić information content (AvgIpc) is 3.10. The number of benzene rings is 1. The van der Waals surface area contributed by atoms with Gasteiger partial charge in [0, 0.05) is 5.54 Å². The fourth-order valence-electron chi connectivity index (χ4n) is 4.57. The van der Waals surface area contributed by atoms with E-state index in [1.165, 1.54) is 36.8 Å². The number of hydrogen-bond donors (Lipinski definition) is 0. The maximum absolute atomic E-state index is 6.41. The first-order valence-corrected chi connectivity index (χ1v) is 10.8. The van der Waals surface area contributed by atoms with Crippen molar-refractivity contribution in [1.29, 1.82) is 0 Å². The van der Waals surface area contributed by atoms with E-state index in [1.54, 1.807) is 5.57 Å². The second-order valence-electron chi connectivity index (χ2n) is 6.28. The van der Waals surface area contributed by atoms with Gasteiger partial charge in [0.15, 0.2) is 0 Å². The Balaban J connectivity index is 1.72. The van der Waals surface area contributed by atoms with Crippen molar-refractivity contribution in [3.05, 3.63) is 41.0 Å². The van der Waals surface area contributed by atoms with Crippen molar-refractivity contribution in [2.45, 2.75) is 31.2 Å². The molecule has 4 unspecified atom stereocenters. The molecule has 0 N–H and O–H groups in total. The van der Waals surface area contributed by atoms with Crippen LogP contribution in [0, 0.1) is 17.8 Å². The van der Waals surface area contributed by atoms with Gasteiger partial charge in [0.2, 0.25) is 0 Å². The first-order valence-electron chi connectivity index (χ1n) is 7.22. The van der Waals surface area contributed by atoms with Crippen LogP contribution >= 0.6 is 22.2 Å². The molecule has 99 valence electrons. The van der Waals surface area contributed by atoms with E-state index in [-0.39, 0.29) is 0 Å². The Bertz CT molecular complexity index is 537. The highest BCUT2D eigenvalue weighted by Crippen LogP contribution is 2.56. The summed E-state index contributed by atoms with van der Waals surface area (Å²) < 4.78 is 0. The summed E-state index contributed by atoms with van der Waals surface area (Å²) in [6.07, 6.45) is 8.09. The molecule has 0 spiro atoms. The van der Waals surface area contributed by atoms with Crippen molar-refractivity contribution in [3.63, 3.8) is 0 Å². The highest BCUT2D eigenvalue weighted by Gasteiger charge is 2.45. The van der Waals surface area contributed by atoms with E-state index in [2.05, 4.69) is 30.3 Å². The van der Waals surface area contributed by atoms with Crippen LogP contribution in [0.25, 0.3) is 6.08 Å². The Morgan fingerprint density at radius 1 is 1.05 bits per heavy atom. The minimum atomic E-state index is -1.35. The van der Waals surface area contributed by atoms with Gasteiger partial charge in [0.25, 0.3) is 7.42 Å². The molecule has 0 nitrogen and oxygen atoms in total. The lowest BCUT2D eigenvalue weighted by Crippen LogP contribution is -2.21. The molecular formula is C16H17Cl2Si. The maximum atomic E-state index is 6.41. The molecule has 1 radical (unpaired) electrons. The first-order chi connectivity index (χ1) is 9.24. The third-order valence-corrected chi connectivity index (χ3v) is 7.74. The smallest absolute Gasteiger partial charge is 0.146 e. The molecule has 0 heterocycles. The van der Waals surface area contributed by atoms with Crippen LogP contribution in [0.5, 0.6) is 0 Å². The van der Waals surface area contributed by atoms with Crippen molar-refractivity contribution in [1.82, 2.24) is 0 Å². The van der Waals surface area contributed by atoms with Crippen molar-refractivity contribution >= 4 is 35.7 Å². The van der Waals surface area contributed by atoms with E-state index in [1.807, 2.05) is 0 Å². The summed E-state index contributed by atoms with van der Waals surface area (Å²) >= 11 is 12.8. The Morgan fingerprint density at radius 3 is 2.58 bits per heavy atom. The van der Waals surface area contributed by atoms with Gasteiger partial charge in [0.1, 0.15) is 0 Å². The lowest BCUT2D eigenvalue weighted by atomic mass is 9.82. The Labute approximate surface area is 125 Å². The summed E-state index contributed by atoms with van der Waals surface area (Å²) in [4.78, 5) is 0. The molecule has 2 fully saturated rings. The Hall–Kier alpha value is -0.243. The molecule has 0 saturated heterocycles. The molecule has 19 heavy (non-hydrogen) atoms. The van der Waals surface area contributed by atoms with Crippen LogP contribution in [0.1, 0.15) is 42.4 Å². The second kappa shape index (κ2) is 4.65. The SMILES string of the molecule is Cl[Si](Cl)C1C(C2CC3CCC2C3)=Cc2ccccc21. The van der Waals surface area contributed by atoms with Crippen LogP contribution in [-0.4, -0.2) is 7.42 Å². The zero-order chi connectivity index (χ0) is 13.0. The van der Waals surface area contributed by atoms with Crippen molar-refractivity contribution < 1.29 is 0 Å². The van der Waals surface area contributed by atoms with Gasteiger partial charge in [-0.05, 0) is 48.1 Å². The summed E-state index contributed by atoms with van der Waals surface area (Å²) in [6.45, 7) is 0. The number of allylic oxidation sites excluding steroid dienone is 1. The zero-order valence-electron chi connectivity index (χ0n) is 10.8. The molecule has 4 rings (SSSR count). The molecule has 3 aliphatic carbocycles. The molecule has 2 saturated carbocycles. The predicted octanol–water partition coefficient (Wildman–Crippen LogP) is 5.11. The summed E-state index contributed by atoms with van der Waals surface area (Å²) in [5.74, 6) is 2.64. The Kier molecular flexibility index (Phi) is 3.06. The third kappa shape index (κ3) is 1.93.